The Morgan fingerprint density at radius 1 is 1.05 bits per heavy atom. The highest BCUT2D eigenvalue weighted by molar-refractivity contribution is 4.89. The zero-order chi connectivity index (χ0) is 13.3. The summed E-state index contributed by atoms with van der Waals surface area (Å²) in [5.74, 6) is 0. The van der Waals surface area contributed by atoms with Gasteiger partial charge in [0.05, 0.1) is 0 Å². The van der Waals surface area contributed by atoms with Gasteiger partial charge in [-0.05, 0) is 37.6 Å². The monoisotopic (exact) mass is 265 g/mol. The molecule has 2 aliphatic heterocycles. The Balaban J connectivity index is 1.46. The van der Waals surface area contributed by atoms with Crippen LogP contribution in [-0.4, -0.2) is 61.2 Å². The first-order chi connectivity index (χ1) is 9.12. The van der Waals surface area contributed by atoms with Gasteiger partial charge < -0.3 is 5.32 Å². The molecule has 110 valence electrons. The first-order valence-electron chi connectivity index (χ1n) is 8.32. The lowest BCUT2D eigenvalue weighted by Crippen LogP contribution is -2.56. The van der Waals surface area contributed by atoms with Gasteiger partial charge in [-0.15, -0.1) is 0 Å². The standard InChI is InChI=1S/C16H31N3/c1-16(2,12-17-14-6-7-14)13-18-9-10-19-8-4-3-5-15(19)11-18/h14-15,17H,3-13H2,1-2H3. The molecule has 3 heteroatoms. The summed E-state index contributed by atoms with van der Waals surface area (Å²) >= 11 is 0. The molecule has 1 N–H and O–H groups in total. The molecule has 0 amide bonds. The molecule has 1 unspecified atom stereocenters. The maximum absolute atomic E-state index is 3.71. The number of nitrogens with zero attached hydrogens (tertiary/aromatic N) is 2. The third-order valence-electron chi connectivity index (χ3n) is 5.02. The largest absolute Gasteiger partial charge is 0.313 e. The van der Waals surface area contributed by atoms with Crippen LogP contribution in [0, 0.1) is 5.41 Å². The van der Waals surface area contributed by atoms with Gasteiger partial charge in [-0.25, -0.2) is 0 Å². The van der Waals surface area contributed by atoms with Gasteiger partial charge in [0.2, 0.25) is 0 Å². The summed E-state index contributed by atoms with van der Waals surface area (Å²) in [6.07, 6.45) is 7.10. The van der Waals surface area contributed by atoms with E-state index in [0.29, 0.717) is 5.41 Å². The van der Waals surface area contributed by atoms with Gasteiger partial charge in [0, 0.05) is 44.8 Å². The molecule has 0 aromatic rings. The number of nitrogens with one attached hydrogen (secondary N) is 1. The van der Waals surface area contributed by atoms with Crippen molar-refractivity contribution >= 4 is 0 Å². The van der Waals surface area contributed by atoms with E-state index >= 15 is 0 Å². The third kappa shape index (κ3) is 3.93. The van der Waals surface area contributed by atoms with E-state index in [0.717, 1.165) is 12.1 Å². The highest BCUT2D eigenvalue weighted by Gasteiger charge is 2.32. The molecule has 3 aliphatic rings. The molecule has 0 radical (unpaired) electrons. The smallest absolute Gasteiger partial charge is 0.0223 e. The number of hydrogen-bond donors (Lipinski definition) is 1. The highest BCUT2D eigenvalue weighted by atomic mass is 15.3. The average molecular weight is 265 g/mol. The van der Waals surface area contributed by atoms with Crippen LogP contribution in [0.15, 0.2) is 0 Å². The maximum Gasteiger partial charge on any atom is 0.0223 e. The van der Waals surface area contributed by atoms with Crippen LogP contribution in [0.25, 0.3) is 0 Å². The fraction of sp³-hybridized carbons (Fsp3) is 1.00. The van der Waals surface area contributed by atoms with Crippen LogP contribution in [0.3, 0.4) is 0 Å². The predicted octanol–water partition coefficient (Wildman–Crippen LogP) is 1.93. The van der Waals surface area contributed by atoms with Crippen LogP contribution in [0.2, 0.25) is 0 Å². The van der Waals surface area contributed by atoms with Gasteiger partial charge in [-0.3, -0.25) is 9.80 Å². The van der Waals surface area contributed by atoms with Crippen LogP contribution in [0.4, 0.5) is 0 Å². The first-order valence-corrected chi connectivity index (χ1v) is 8.32. The van der Waals surface area contributed by atoms with Crippen molar-refractivity contribution in [3.63, 3.8) is 0 Å². The summed E-state index contributed by atoms with van der Waals surface area (Å²) in [7, 11) is 0. The minimum absolute atomic E-state index is 0.416. The van der Waals surface area contributed by atoms with E-state index in [1.165, 1.54) is 71.4 Å². The van der Waals surface area contributed by atoms with Crippen molar-refractivity contribution in [2.24, 2.45) is 5.41 Å². The van der Waals surface area contributed by atoms with Crippen LogP contribution in [0.5, 0.6) is 0 Å². The Morgan fingerprint density at radius 2 is 1.89 bits per heavy atom. The summed E-state index contributed by atoms with van der Waals surface area (Å²) in [4.78, 5) is 5.45. The average Bonchev–Trinajstić information content (AvgIpc) is 3.20. The zero-order valence-electron chi connectivity index (χ0n) is 12.8. The Hall–Kier alpha value is -0.120. The van der Waals surface area contributed by atoms with Gasteiger partial charge in [0.1, 0.15) is 0 Å². The fourth-order valence-electron chi connectivity index (χ4n) is 3.73. The molecule has 2 saturated heterocycles. The highest BCUT2D eigenvalue weighted by Crippen LogP contribution is 2.25. The van der Waals surface area contributed by atoms with Gasteiger partial charge in [-0.1, -0.05) is 20.3 Å². The number of hydrogen-bond acceptors (Lipinski definition) is 3. The summed E-state index contributed by atoms with van der Waals surface area (Å²) in [6, 6.07) is 1.70. The van der Waals surface area contributed by atoms with Crippen LogP contribution < -0.4 is 5.32 Å². The molecule has 1 atom stereocenters. The fourth-order valence-corrected chi connectivity index (χ4v) is 3.73. The lowest BCUT2D eigenvalue weighted by atomic mass is 9.91. The summed E-state index contributed by atoms with van der Waals surface area (Å²) in [5, 5.41) is 3.71. The molecule has 2 heterocycles. The quantitative estimate of drug-likeness (QED) is 0.819. The molecule has 0 bridgehead atoms. The third-order valence-corrected chi connectivity index (χ3v) is 5.02. The number of fused-ring (bicyclic) bond motifs is 1. The molecular formula is C16H31N3. The molecule has 3 nitrogen and oxygen atoms in total. The van der Waals surface area contributed by atoms with E-state index < -0.39 is 0 Å². The van der Waals surface area contributed by atoms with E-state index in [2.05, 4.69) is 29.0 Å². The van der Waals surface area contributed by atoms with Crippen molar-refractivity contribution in [1.29, 1.82) is 0 Å². The minimum Gasteiger partial charge on any atom is -0.313 e. The lowest BCUT2D eigenvalue weighted by molar-refractivity contribution is 0.0315. The van der Waals surface area contributed by atoms with Crippen LogP contribution in [-0.2, 0) is 0 Å². The number of piperazine rings is 1. The normalized spacial score (nSPS) is 30.3. The molecular weight excluding hydrogens is 234 g/mol. The minimum atomic E-state index is 0.416. The Labute approximate surface area is 118 Å². The maximum atomic E-state index is 3.71. The Kier molecular flexibility index (Phi) is 4.16. The van der Waals surface area contributed by atoms with Gasteiger partial charge in [0.25, 0.3) is 0 Å². The van der Waals surface area contributed by atoms with Crippen molar-refractivity contribution < 1.29 is 0 Å². The van der Waals surface area contributed by atoms with Crippen molar-refractivity contribution in [2.75, 3.05) is 39.3 Å². The van der Waals surface area contributed by atoms with E-state index in [-0.39, 0.29) is 0 Å². The van der Waals surface area contributed by atoms with Crippen molar-refractivity contribution in [3.05, 3.63) is 0 Å². The molecule has 1 saturated carbocycles. The van der Waals surface area contributed by atoms with Crippen LogP contribution >= 0.6 is 0 Å². The lowest BCUT2D eigenvalue weighted by Gasteiger charge is -2.46. The molecule has 19 heavy (non-hydrogen) atoms. The summed E-state index contributed by atoms with van der Waals surface area (Å²) < 4.78 is 0. The first kappa shape index (κ1) is 13.8. The van der Waals surface area contributed by atoms with Gasteiger partial charge in [-0.2, -0.15) is 0 Å². The molecule has 3 fully saturated rings. The SMILES string of the molecule is CC(C)(CNC1CC1)CN1CCN2CCCCC2C1. The molecule has 1 aliphatic carbocycles. The van der Waals surface area contributed by atoms with E-state index in [9.17, 15) is 0 Å². The van der Waals surface area contributed by atoms with E-state index in [4.69, 9.17) is 0 Å². The van der Waals surface area contributed by atoms with Crippen molar-refractivity contribution in [2.45, 2.75) is 58.0 Å². The van der Waals surface area contributed by atoms with Crippen molar-refractivity contribution in [1.82, 2.24) is 15.1 Å². The van der Waals surface area contributed by atoms with Gasteiger partial charge >= 0.3 is 0 Å². The molecule has 0 aromatic carbocycles. The second-order valence-electron chi connectivity index (χ2n) is 7.74. The summed E-state index contributed by atoms with van der Waals surface area (Å²) in [6.45, 7) is 12.5. The number of rotatable bonds is 5. The summed E-state index contributed by atoms with van der Waals surface area (Å²) in [5.41, 5.74) is 0.416. The van der Waals surface area contributed by atoms with Gasteiger partial charge in [0.15, 0.2) is 0 Å². The number of piperidine rings is 1. The zero-order valence-corrected chi connectivity index (χ0v) is 12.8. The second-order valence-corrected chi connectivity index (χ2v) is 7.74. The van der Waals surface area contributed by atoms with Crippen LogP contribution in [0.1, 0.15) is 46.0 Å². The van der Waals surface area contributed by atoms with E-state index in [1.807, 2.05) is 0 Å². The molecule has 3 rings (SSSR count). The van der Waals surface area contributed by atoms with Crippen molar-refractivity contribution in [3.8, 4) is 0 Å². The Bertz CT molecular complexity index is 298. The van der Waals surface area contributed by atoms with E-state index in [1.54, 1.807) is 0 Å². The molecule has 0 aromatic heterocycles. The topological polar surface area (TPSA) is 18.5 Å². The second kappa shape index (κ2) is 5.71. The molecule has 0 spiro atoms. The Morgan fingerprint density at radius 3 is 2.68 bits per heavy atom. The predicted molar refractivity (Wildman–Crippen MR) is 80.5 cm³/mol.